The zero-order valence-electron chi connectivity index (χ0n) is 13.5. The first-order chi connectivity index (χ1) is 11.1. The molecule has 2 aromatic heterocycles. The predicted octanol–water partition coefficient (Wildman–Crippen LogP) is 1.93. The number of carbonyl (C=O) groups excluding carboxylic acids is 1. The molecular formula is C16H21N5O2. The van der Waals surface area contributed by atoms with Gasteiger partial charge in [-0.05, 0) is 38.4 Å². The normalized spacial score (nSPS) is 18.8. The average molecular weight is 315 g/mol. The molecule has 0 radical (unpaired) electrons. The summed E-state index contributed by atoms with van der Waals surface area (Å²) in [5.74, 6) is 1.75. The highest BCUT2D eigenvalue weighted by Crippen LogP contribution is 2.20. The lowest BCUT2D eigenvalue weighted by atomic mass is 9.97. The third kappa shape index (κ3) is 4.13. The van der Waals surface area contributed by atoms with Crippen molar-refractivity contribution in [2.45, 2.75) is 33.2 Å². The van der Waals surface area contributed by atoms with E-state index in [0.29, 0.717) is 30.7 Å². The molecule has 1 amide bonds. The minimum absolute atomic E-state index is 0.0227. The summed E-state index contributed by atoms with van der Waals surface area (Å²) in [4.78, 5) is 19.0. The zero-order valence-corrected chi connectivity index (χ0v) is 13.5. The summed E-state index contributed by atoms with van der Waals surface area (Å²) >= 11 is 0. The lowest BCUT2D eigenvalue weighted by molar-refractivity contribution is -0.121. The van der Waals surface area contributed by atoms with E-state index < -0.39 is 0 Å². The fraction of sp³-hybridized carbons (Fsp3) is 0.500. The van der Waals surface area contributed by atoms with E-state index >= 15 is 0 Å². The minimum Gasteiger partial charge on any atom is -0.424 e. The first kappa shape index (κ1) is 15.6. The van der Waals surface area contributed by atoms with E-state index in [1.54, 1.807) is 6.92 Å². The Hall–Kier alpha value is -2.28. The van der Waals surface area contributed by atoms with Crippen LogP contribution in [0.4, 0.5) is 5.82 Å². The van der Waals surface area contributed by atoms with Crippen LogP contribution in [0.15, 0.2) is 22.6 Å². The number of rotatable bonds is 4. The number of aryl methyl sites for hydroxylation is 2. The molecule has 3 heterocycles. The standard InChI is InChI=1S/C16H21N5O2/c1-11-5-3-7-14(17-11)18-16(22)13-6-4-8-21(9-13)10-15-20-19-12(2)23-15/h3,5,7,13H,4,6,8-10H2,1-2H3,(H,17,18,22). The largest absolute Gasteiger partial charge is 0.424 e. The maximum absolute atomic E-state index is 12.5. The summed E-state index contributed by atoms with van der Waals surface area (Å²) in [5.41, 5.74) is 0.889. The van der Waals surface area contributed by atoms with Gasteiger partial charge in [-0.25, -0.2) is 4.98 Å². The summed E-state index contributed by atoms with van der Waals surface area (Å²) in [5, 5.41) is 10.8. The molecular weight excluding hydrogens is 294 g/mol. The van der Waals surface area contributed by atoms with Crippen LogP contribution < -0.4 is 5.32 Å². The lowest BCUT2D eigenvalue weighted by Gasteiger charge is -2.30. The van der Waals surface area contributed by atoms with Crippen molar-refractivity contribution >= 4 is 11.7 Å². The van der Waals surface area contributed by atoms with Crippen LogP contribution in [0.1, 0.15) is 30.3 Å². The highest BCUT2D eigenvalue weighted by molar-refractivity contribution is 5.91. The maximum Gasteiger partial charge on any atom is 0.230 e. The van der Waals surface area contributed by atoms with Gasteiger partial charge in [0.05, 0.1) is 12.5 Å². The highest BCUT2D eigenvalue weighted by Gasteiger charge is 2.27. The van der Waals surface area contributed by atoms with Gasteiger partial charge in [-0.2, -0.15) is 0 Å². The lowest BCUT2D eigenvalue weighted by Crippen LogP contribution is -2.40. The molecule has 0 aromatic carbocycles. The van der Waals surface area contributed by atoms with E-state index in [1.807, 2.05) is 25.1 Å². The Balaban J connectivity index is 1.58. The van der Waals surface area contributed by atoms with Gasteiger partial charge >= 0.3 is 0 Å². The van der Waals surface area contributed by atoms with Gasteiger partial charge in [-0.15, -0.1) is 10.2 Å². The smallest absolute Gasteiger partial charge is 0.230 e. The molecule has 1 unspecified atom stereocenters. The molecule has 1 N–H and O–H groups in total. The van der Waals surface area contributed by atoms with Gasteiger partial charge in [0.2, 0.25) is 17.7 Å². The molecule has 23 heavy (non-hydrogen) atoms. The number of piperidine rings is 1. The quantitative estimate of drug-likeness (QED) is 0.928. The monoisotopic (exact) mass is 315 g/mol. The molecule has 1 saturated heterocycles. The van der Waals surface area contributed by atoms with Gasteiger partial charge in [0.25, 0.3) is 0 Å². The Bertz CT molecular complexity index is 685. The van der Waals surface area contributed by atoms with Gasteiger partial charge < -0.3 is 9.73 Å². The topological polar surface area (TPSA) is 84.2 Å². The first-order valence-corrected chi connectivity index (χ1v) is 7.86. The Morgan fingerprint density at radius 2 is 2.26 bits per heavy atom. The van der Waals surface area contributed by atoms with E-state index in [9.17, 15) is 4.79 Å². The zero-order chi connectivity index (χ0) is 16.2. The number of likely N-dealkylation sites (tertiary alicyclic amines) is 1. The Kier molecular flexibility index (Phi) is 4.66. The molecule has 0 spiro atoms. The van der Waals surface area contributed by atoms with Crippen LogP contribution in [0.2, 0.25) is 0 Å². The second-order valence-corrected chi connectivity index (χ2v) is 5.94. The van der Waals surface area contributed by atoms with Gasteiger partial charge in [-0.1, -0.05) is 6.07 Å². The summed E-state index contributed by atoms with van der Waals surface area (Å²) in [6.07, 6.45) is 1.86. The highest BCUT2D eigenvalue weighted by atomic mass is 16.4. The molecule has 0 aliphatic carbocycles. The van der Waals surface area contributed by atoms with E-state index in [2.05, 4.69) is 25.4 Å². The van der Waals surface area contributed by atoms with Crippen molar-refractivity contribution in [2.75, 3.05) is 18.4 Å². The molecule has 1 aliphatic rings. The number of nitrogens with zero attached hydrogens (tertiary/aromatic N) is 4. The molecule has 0 bridgehead atoms. The summed E-state index contributed by atoms with van der Waals surface area (Å²) in [6, 6.07) is 5.61. The fourth-order valence-electron chi connectivity index (χ4n) is 2.85. The number of hydrogen-bond donors (Lipinski definition) is 1. The van der Waals surface area contributed by atoms with Crippen LogP contribution in [0.25, 0.3) is 0 Å². The van der Waals surface area contributed by atoms with Crippen LogP contribution in [0, 0.1) is 19.8 Å². The van der Waals surface area contributed by atoms with E-state index in [-0.39, 0.29) is 11.8 Å². The van der Waals surface area contributed by atoms with E-state index in [0.717, 1.165) is 25.1 Å². The molecule has 122 valence electrons. The van der Waals surface area contributed by atoms with Crippen molar-refractivity contribution in [2.24, 2.45) is 5.92 Å². The Labute approximate surface area is 135 Å². The van der Waals surface area contributed by atoms with Crippen LogP contribution in [0.3, 0.4) is 0 Å². The third-order valence-electron chi connectivity index (χ3n) is 3.94. The second-order valence-electron chi connectivity index (χ2n) is 5.94. The number of nitrogens with one attached hydrogen (secondary N) is 1. The van der Waals surface area contributed by atoms with Crippen LogP contribution >= 0.6 is 0 Å². The van der Waals surface area contributed by atoms with Crippen LogP contribution in [-0.2, 0) is 11.3 Å². The Morgan fingerprint density at radius 3 is 3.00 bits per heavy atom. The summed E-state index contributed by atoms with van der Waals surface area (Å²) in [6.45, 7) is 5.91. The van der Waals surface area contributed by atoms with Crippen molar-refractivity contribution in [1.29, 1.82) is 0 Å². The fourth-order valence-corrected chi connectivity index (χ4v) is 2.85. The van der Waals surface area contributed by atoms with Crippen LogP contribution in [0.5, 0.6) is 0 Å². The molecule has 2 aromatic rings. The number of aromatic nitrogens is 3. The minimum atomic E-state index is -0.0462. The number of anilines is 1. The molecule has 0 saturated carbocycles. The van der Waals surface area contributed by atoms with Gasteiger partial charge in [-0.3, -0.25) is 9.69 Å². The first-order valence-electron chi connectivity index (χ1n) is 7.86. The van der Waals surface area contributed by atoms with Crippen LogP contribution in [-0.4, -0.2) is 39.1 Å². The number of pyridine rings is 1. The second kappa shape index (κ2) is 6.87. The van der Waals surface area contributed by atoms with Crippen molar-refractivity contribution in [1.82, 2.24) is 20.1 Å². The SMILES string of the molecule is Cc1cccc(NC(=O)C2CCCN(Cc3nnc(C)o3)C2)n1. The molecule has 1 aliphatic heterocycles. The maximum atomic E-state index is 12.5. The van der Waals surface area contributed by atoms with E-state index in [1.165, 1.54) is 0 Å². The van der Waals surface area contributed by atoms with Gasteiger partial charge in [0, 0.05) is 19.2 Å². The van der Waals surface area contributed by atoms with Crippen molar-refractivity contribution in [3.8, 4) is 0 Å². The van der Waals surface area contributed by atoms with E-state index in [4.69, 9.17) is 4.42 Å². The molecule has 3 rings (SSSR count). The number of hydrogen-bond acceptors (Lipinski definition) is 6. The van der Waals surface area contributed by atoms with Crippen molar-refractivity contribution in [3.63, 3.8) is 0 Å². The summed E-state index contributed by atoms with van der Waals surface area (Å²) in [7, 11) is 0. The van der Waals surface area contributed by atoms with Gasteiger partial charge in [0.15, 0.2) is 0 Å². The molecule has 7 nitrogen and oxygen atoms in total. The number of amides is 1. The third-order valence-corrected chi connectivity index (χ3v) is 3.94. The summed E-state index contributed by atoms with van der Waals surface area (Å²) < 4.78 is 5.42. The predicted molar refractivity (Wildman–Crippen MR) is 84.6 cm³/mol. The average Bonchev–Trinajstić information content (AvgIpc) is 2.92. The van der Waals surface area contributed by atoms with Crippen molar-refractivity contribution < 1.29 is 9.21 Å². The molecule has 1 atom stereocenters. The molecule has 1 fully saturated rings. The van der Waals surface area contributed by atoms with Crippen molar-refractivity contribution in [3.05, 3.63) is 35.7 Å². The number of carbonyl (C=O) groups is 1. The van der Waals surface area contributed by atoms with Gasteiger partial charge in [0.1, 0.15) is 5.82 Å². The Morgan fingerprint density at radius 1 is 1.39 bits per heavy atom. The molecule has 7 heteroatoms.